The maximum atomic E-state index is 13.7. The number of amides is 1. The number of rotatable bonds is 3. The van der Waals surface area contributed by atoms with Gasteiger partial charge in [0.1, 0.15) is 5.82 Å². The highest BCUT2D eigenvalue weighted by Crippen LogP contribution is 2.28. The van der Waals surface area contributed by atoms with E-state index in [-0.39, 0.29) is 17.8 Å². The second-order valence-corrected chi connectivity index (χ2v) is 7.02. The highest BCUT2D eigenvalue weighted by Gasteiger charge is 2.24. The molecule has 3 nitrogen and oxygen atoms in total. The zero-order valence-electron chi connectivity index (χ0n) is 14.7. The minimum absolute atomic E-state index is 0.119. The zero-order chi connectivity index (χ0) is 17.3. The van der Waals surface area contributed by atoms with E-state index >= 15 is 0 Å². The Balaban J connectivity index is 1.93. The molecule has 1 aromatic heterocycles. The number of aromatic nitrogens is 1. The monoisotopic (exact) mass is 328 g/mol. The molecule has 4 heteroatoms. The van der Waals surface area contributed by atoms with Gasteiger partial charge in [-0.2, -0.15) is 0 Å². The predicted octanol–water partition coefficient (Wildman–Crippen LogP) is 4.69. The third kappa shape index (κ3) is 3.28. The number of pyridine rings is 1. The van der Waals surface area contributed by atoms with Crippen molar-refractivity contribution in [3.05, 3.63) is 40.8 Å². The summed E-state index contributed by atoms with van der Waals surface area (Å²) >= 11 is 0. The largest absolute Gasteiger partial charge is 0.349 e. The summed E-state index contributed by atoms with van der Waals surface area (Å²) in [5, 5.41) is 3.75. The lowest BCUT2D eigenvalue weighted by atomic mass is 9.84. The van der Waals surface area contributed by atoms with E-state index in [1.165, 1.54) is 44.2 Å². The molecule has 1 atom stereocenters. The topological polar surface area (TPSA) is 42.0 Å². The van der Waals surface area contributed by atoms with Crippen LogP contribution in [0.15, 0.2) is 18.2 Å². The van der Waals surface area contributed by atoms with Crippen molar-refractivity contribution >= 4 is 16.8 Å². The van der Waals surface area contributed by atoms with Gasteiger partial charge in [0, 0.05) is 17.1 Å². The van der Waals surface area contributed by atoms with Crippen LogP contribution in [0, 0.1) is 25.6 Å². The van der Waals surface area contributed by atoms with Crippen molar-refractivity contribution < 1.29 is 9.18 Å². The Bertz CT molecular complexity index is 766. The van der Waals surface area contributed by atoms with Crippen molar-refractivity contribution in [2.75, 3.05) is 0 Å². The molecule has 1 aliphatic rings. The molecule has 24 heavy (non-hydrogen) atoms. The average Bonchev–Trinajstić information content (AvgIpc) is 2.57. The van der Waals surface area contributed by atoms with Crippen LogP contribution in [0.1, 0.15) is 60.6 Å². The summed E-state index contributed by atoms with van der Waals surface area (Å²) < 4.78 is 13.7. The fourth-order valence-electron chi connectivity index (χ4n) is 3.78. The van der Waals surface area contributed by atoms with E-state index in [9.17, 15) is 9.18 Å². The first-order chi connectivity index (χ1) is 11.5. The number of halogens is 1. The predicted molar refractivity (Wildman–Crippen MR) is 94.7 cm³/mol. The van der Waals surface area contributed by atoms with Gasteiger partial charge in [0.25, 0.3) is 5.91 Å². The van der Waals surface area contributed by atoms with Gasteiger partial charge in [-0.3, -0.25) is 9.78 Å². The van der Waals surface area contributed by atoms with E-state index in [1.54, 1.807) is 6.07 Å². The maximum Gasteiger partial charge on any atom is 0.252 e. The first-order valence-corrected chi connectivity index (χ1v) is 8.84. The van der Waals surface area contributed by atoms with Gasteiger partial charge in [-0.1, -0.05) is 19.3 Å². The molecular formula is C20H25FN2O. The molecule has 1 heterocycles. The lowest BCUT2D eigenvalue weighted by molar-refractivity contribution is 0.0920. The number of nitrogens with zero attached hydrogens (tertiary/aromatic N) is 1. The van der Waals surface area contributed by atoms with Crippen LogP contribution in [0.2, 0.25) is 0 Å². The molecule has 1 saturated carbocycles. The van der Waals surface area contributed by atoms with Crippen LogP contribution in [0.4, 0.5) is 4.39 Å². The van der Waals surface area contributed by atoms with E-state index in [2.05, 4.69) is 17.2 Å². The highest BCUT2D eigenvalue weighted by atomic mass is 19.1. The second-order valence-electron chi connectivity index (χ2n) is 7.02. The van der Waals surface area contributed by atoms with Gasteiger partial charge < -0.3 is 5.32 Å². The molecule has 1 amide bonds. The zero-order valence-corrected chi connectivity index (χ0v) is 14.7. The number of benzene rings is 1. The number of carbonyl (C=O) groups excluding carboxylic acids is 1. The van der Waals surface area contributed by atoms with Crippen molar-refractivity contribution in [1.29, 1.82) is 0 Å². The number of nitrogens with one attached hydrogen (secondary N) is 1. The Hall–Kier alpha value is -1.97. The lowest BCUT2D eigenvalue weighted by Crippen LogP contribution is -2.39. The van der Waals surface area contributed by atoms with Crippen LogP contribution in [0.3, 0.4) is 0 Å². The number of hydrogen-bond donors (Lipinski definition) is 1. The summed E-state index contributed by atoms with van der Waals surface area (Å²) in [5.41, 5.74) is 2.85. The molecule has 0 unspecified atom stereocenters. The van der Waals surface area contributed by atoms with Crippen LogP contribution in [0.25, 0.3) is 10.9 Å². The van der Waals surface area contributed by atoms with E-state index in [0.717, 1.165) is 11.3 Å². The maximum absolute atomic E-state index is 13.7. The van der Waals surface area contributed by atoms with E-state index in [1.807, 2.05) is 13.8 Å². The number of aryl methyl sites for hydroxylation is 1. The van der Waals surface area contributed by atoms with Gasteiger partial charge in [-0.15, -0.1) is 0 Å². The van der Waals surface area contributed by atoms with E-state index < -0.39 is 0 Å². The highest BCUT2D eigenvalue weighted by molar-refractivity contribution is 6.07. The number of hydrogen-bond acceptors (Lipinski definition) is 2. The summed E-state index contributed by atoms with van der Waals surface area (Å²) in [4.78, 5) is 17.4. The van der Waals surface area contributed by atoms with Gasteiger partial charge >= 0.3 is 0 Å². The summed E-state index contributed by atoms with van der Waals surface area (Å²) in [6, 6.07) is 4.57. The SMILES string of the molecule is Cc1nc2ccc(F)cc2c(C(=O)N[C@@H](C)C2CCCCC2)c1C. The second kappa shape index (κ2) is 6.88. The summed E-state index contributed by atoms with van der Waals surface area (Å²) in [7, 11) is 0. The van der Waals surface area contributed by atoms with E-state index in [0.29, 0.717) is 22.4 Å². The van der Waals surface area contributed by atoms with Gasteiger partial charge in [0.2, 0.25) is 0 Å². The number of fused-ring (bicyclic) bond motifs is 1. The molecule has 1 N–H and O–H groups in total. The standard InChI is InChI=1S/C20H25FN2O/c1-12-13(2)22-18-10-9-16(21)11-17(18)19(12)20(24)23-14(3)15-7-5-4-6-8-15/h9-11,14-15H,4-8H2,1-3H3,(H,23,24)/t14-/m0/s1. The first-order valence-electron chi connectivity index (χ1n) is 8.84. The third-order valence-corrected chi connectivity index (χ3v) is 5.38. The Morgan fingerprint density at radius 1 is 1.25 bits per heavy atom. The van der Waals surface area contributed by atoms with Crippen LogP contribution in [0.5, 0.6) is 0 Å². The normalized spacial score (nSPS) is 17.0. The molecule has 128 valence electrons. The fraction of sp³-hybridized carbons (Fsp3) is 0.500. The summed E-state index contributed by atoms with van der Waals surface area (Å²) in [5.74, 6) is 0.0718. The molecule has 1 fully saturated rings. The minimum atomic E-state index is -0.345. The summed E-state index contributed by atoms with van der Waals surface area (Å²) in [6.45, 7) is 5.85. The smallest absolute Gasteiger partial charge is 0.252 e. The van der Waals surface area contributed by atoms with Crippen molar-refractivity contribution in [2.24, 2.45) is 5.92 Å². The Labute approximate surface area is 142 Å². The van der Waals surface area contributed by atoms with Crippen LogP contribution < -0.4 is 5.32 Å². The minimum Gasteiger partial charge on any atom is -0.349 e. The third-order valence-electron chi connectivity index (χ3n) is 5.38. The van der Waals surface area contributed by atoms with Crippen LogP contribution >= 0.6 is 0 Å². The molecule has 1 aromatic carbocycles. The van der Waals surface area contributed by atoms with Gasteiger partial charge in [-0.05, 0) is 63.3 Å². The van der Waals surface area contributed by atoms with Crippen LogP contribution in [-0.4, -0.2) is 16.9 Å². The Morgan fingerprint density at radius 2 is 1.96 bits per heavy atom. The van der Waals surface area contributed by atoms with Crippen molar-refractivity contribution in [3.63, 3.8) is 0 Å². The van der Waals surface area contributed by atoms with Gasteiger partial charge in [0.05, 0.1) is 11.1 Å². The molecular weight excluding hydrogens is 303 g/mol. The molecule has 1 aliphatic carbocycles. The Kier molecular flexibility index (Phi) is 4.83. The molecule has 0 saturated heterocycles. The molecule has 3 rings (SSSR count). The number of carbonyl (C=O) groups is 1. The first kappa shape index (κ1) is 16.9. The van der Waals surface area contributed by atoms with E-state index in [4.69, 9.17) is 0 Å². The lowest BCUT2D eigenvalue weighted by Gasteiger charge is -2.28. The quantitative estimate of drug-likeness (QED) is 0.888. The van der Waals surface area contributed by atoms with Crippen molar-refractivity contribution in [3.8, 4) is 0 Å². The van der Waals surface area contributed by atoms with Gasteiger partial charge in [0.15, 0.2) is 0 Å². The summed E-state index contributed by atoms with van der Waals surface area (Å²) in [6.07, 6.45) is 6.12. The molecule has 0 spiro atoms. The Morgan fingerprint density at radius 3 is 2.67 bits per heavy atom. The molecule has 0 radical (unpaired) electrons. The van der Waals surface area contributed by atoms with Crippen molar-refractivity contribution in [2.45, 2.75) is 58.9 Å². The molecule has 0 bridgehead atoms. The molecule has 2 aromatic rings. The van der Waals surface area contributed by atoms with Crippen molar-refractivity contribution in [1.82, 2.24) is 10.3 Å². The van der Waals surface area contributed by atoms with Crippen LogP contribution in [-0.2, 0) is 0 Å². The fourth-order valence-corrected chi connectivity index (χ4v) is 3.78. The van der Waals surface area contributed by atoms with Gasteiger partial charge in [-0.25, -0.2) is 4.39 Å². The average molecular weight is 328 g/mol. The molecule has 0 aliphatic heterocycles.